The van der Waals surface area contributed by atoms with Gasteiger partial charge in [-0.15, -0.1) is 0 Å². The van der Waals surface area contributed by atoms with Crippen LogP contribution in [0.3, 0.4) is 0 Å². The summed E-state index contributed by atoms with van der Waals surface area (Å²) in [6.07, 6.45) is -0.436. The first-order chi connectivity index (χ1) is 8.72. The van der Waals surface area contributed by atoms with Gasteiger partial charge in [-0.05, 0) is 12.1 Å². The Kier molecular flexibility index (Phi) is 3.97. The molecule has 0 aromatic carbocycles. The van der Waals surface area contributed by atoms with Crippen molar-refractivity contribution in [3.05, 3.63) is 23.7 Å². The minimum Gasteiger partial charge on any atom is -0.449 e. The van der Waals surface area contributed by atoms with Crippen molar-refractivity contribution in [2.75, 3.05) is 26.7 Å². The van der Waals surface area contributed by atoms with Crippen molar-refractivity contribution < 1.29 is 13.9 Å². The number of furan rings is 1. The topological polar surface area (TPSA) is 78.5 Å². The molecule has 1 saturated heterocycles. The van der Waals surface area contributed by atoms with E-state index < -0.39 is 6.10 Å². The van der Waals surface area contributed by atoms with Gasteiger partial charge in [0.25, 0.3) is 0 Å². The van der Waals surface area contributed by atoms with Gasteiger partial charge in [0.2, 0.25) is 11.7 Å². The number of nitriles is 1. The maximum Gasteiger partial charge on any atom is 0.250 e. The van der Waals surface area contributed by atoms with Gasteiger partial charge in [-0.3, -0.25) is 9.69 Å². The van der Waals surface area contributed by atoms with E-state index in [0.717, 1.165) is 12.3 Å². The molecular weight excluding hydrogens is 234 g/mol. The standard InChI is InChI=1S/C12H15N3O3/c1-14-12(16)11-8-15(4-5-17-11)7-10-3-2-9(6-13)18-10/h2-3,11H,4-5,7-8H2,1H3,(H,14,16)/t11-/m0/s1. The zero-order valence-electron chi connectivity index (χ0n) is 10.2. The predicted molar refractivity (Wildman–Crippen MR) is 62.5 cm³/mol. The zero-order valence-corrected chi connectivity index (χ0v) is 10.2. The number of morpholine rings is 1. The van der Waals surface area contributed by atoms with Crippen LogP contribution in [0.5, 0.6) is 0 Å². The molecule has 6 heteroatoms. The molecule has 0 spiro atoms. The number of carbonyl (C=O) groups is 1. The smallest absolute Gasteiger partial charge is 0.250 e. The minimum absolute atomic E-state index is 0.114. The fourth-order valence-corrected chi connectivity index (χ4v) is 1.91. The molecule has 2 rings (SSSR count). The van der Waals surface area contributed by atoms with Gasteiger partial charge in [-0.25, -0.2) is 0 Å². The first kappa shape index (κ1) is 12.6. The van der Waals surface area contributed by atoms with Gasteiger partial charge in [0.05, 0.1) is 13.2 Å². The van der Waals surface area contributed by atoms with Crippen molar-refractivity contribution in [1.29, 1.82) is 5.26 Å². The van der Waals surface area contributed by atoms with Crippen LogP contribution in [0.1, 0.15) is 11.5 Å². The molecule has 0 radical (unpaired) electrons. The van der Waals surface area contributed by atoms with Crippen LogP contribution in [0.4, 0.5) is 0 Å². The molecule has 0 saturated carbocycles. The summed E-state index contributed by atoms with van der Waals surface area (Å²) in [5.41, 5.74) is 0. The van der Waals surface area contributed by atoms with Gasteiger partial charge in [-0.1, -0.05) is 0 Å². The Morgan fingerprint density at radius 1 is 1.67 bits per heavy atom. The average Bonchev–Trinajstić information content (AvgIpc) is 2.86. The molecule has 0 unspecified atom stereocenters. The lowest BCUT2D eigenvalue weighted by Gasteiger charge is -2.31. The van der Waals surface area contributed by atoms with E-state index in [1.807, 2.05) is 6.07 Å². The van der Waals surface area contributed by atoms with Crippen molar-refractivity contribution in [1.82, 2.24) is 10.2 Å². The lowest BCUT2D eigenvalue weighted by atomic mass is 10.2. The van der Waals surface area contributed by atoms with Crippen molar-refractivity contribution in [2.45, 2.75) is 12.6 Å². The molecule has 0 bridgehead atoms. The maximum atomic E-state index is 11.5. The lowest BCUT2D eigenvalue weighted by molar-refractivity contribution is -0.138. The van der Waals surface area contributed by atoms with Crippen LogP contribution in [0.25, 0.3) is 0 Å². The summed E-state index contributed by atoms with van der Waals surface area (Å²) >= 11 is 0. The molecule has 96 valence electrons. The first-order valence-electron chi connectivity index (χ1n) is 5.77. The van der Waals surface area contributed by atoms with Gasteiger partial charge < -0.3 is 14.5 Å². The van der Waals surface area contributed by atoms with Crippen LogP contribution < -0.4 is 5.32 Å². The van der Waals surface area contributed by atoms with Crippen molar-refractivity contribution in [3.63, 3.8) is 0 Å². The van der Waals surface area contributed by atoms with E-state index in [-0.39, 0.29) is 5.91 Å². The first-order valence-corrected chi connectivity index (χ1v) is 5.77. The normalized spacial score (nSPS) is 20.3. The lowest BCUT2D eigenvalue weighted by Crippen LogP contribution is -2.48. The second-order valence-electron chi connectivity index (χ2n) is 4.09. The highest BCUT2D eigenvalue weighted by Crippen LogP contribution is 2.13. The van der Waals surface area contributed by atoms with Crippen molar-refractivity contribution in [3.8, 4) is 6.07 Å². The number of carbonyl (C=O) groups excluding carboxylic acids is 1. The van der Waals surface area contributed by atoms with Crippen LogP contribution in [0, 0.1) is 11.3 Å². The van der Waals surface area contributed by atoms with E-state index in [2.05, 4.69) is 10.2 Å². The van der Waals surface area contributed by atoms with Gasteiger partial charge >= 0.3 is 0 Å². The Hall–Kier alpha value is -1.84. The second kappa shape index (κ2) is 5.67. The fourth-order valence-electron chi connectivity index (χ4n) is 1.91. The number of rotatable bonds is 3. The molecule has 6 nitrogen and oxygen atoms in total. The summed E-state index contributed by atoms with van der Waals surface area (Å²) in [6.45, 7) is 2.38. The summed E-state index contributed by atoms with van der Waals surface area (Å²) in [5, 5.41) is 11.2. The minimum atomic E-state index is -0.436. The third-order valence-corrected chi connectivity index (χ3v) is 2.84. The Morgan fingerprint density at radius 3 is 3.17 bits per heavy atom. The fraction of sp³-hybridized carbons (Fsp3) is 0.500. The van der Waals surface area contributed by atoms with Crippen LogP contribution in [-0.2, 0) is 16.1 Å². The molecule has 1 fully saturated rings. The Balaban J connectivity index is 1.93. The van der Waals surface area contributed by atoms with Gasteiger partial charge in [0, 0.05) is 20.1 Å². The number of hydrogen-bond donors (Lipinski definition) is 1. The Labute approximate surface area is 105 Å². The SMILES string of the molecule is CNC(=O)[C@@H]1CN(Cc2ccc(C#N)o2)CCO1. The van der Waals surface area contributed by atoms with Crippen LogP contribution >= 0.6 is 0 Å². The van der Waals surface area contributed by atoms with Crippen LogP contribution in [0.15, 0.2) is 16.5 Å². The number of nitrogens with zero attached hydrogens (tertiary/aromatic N) is 2. The molecule has 1 atom stereocenters. The van der Waals surface area contributed by atoms with Crippen LogP contribution in [-0.4, -0.2) is 43.7 Å². The van der Waals surface area contributed by atoms with Gasteiger partial charge in [0.15, 0.2) is 0 Å². The summed E-state index contributed by atoms with van der Waals surface area (Å²) in [4.78, 5) is 13.6. The number of hydrogen-bond acceptors (Lipinski definition) is 5. The highest BCUT2D eigenvalue weighted by atomic mass is 16.5. The molecular formula is C12H15N3O3. The Bertz CT molecular complexity index is 463. The monoisotopic (exact) mass is 249 g/mol. The third kappa shape index (κ3) is 2.88. The quantitative estimate of drug-likeness (QED) is 0.821. The molecule has 0 aliphatic carbocycles. The van der Waals surface area contributed by atoms with E-state index in [9.17, 15) is 4.79 Å². The number of ether oxygens (including phenoxy) is 1. The van der Waals surface area contributed by atoms with Crippen molar-refractivity contribution in [2.24, 2.45) is 0 Å². The second-order valence-corrected chi connectivity index (χ2v) is 4.09. The molecule has 1 aromatic rings. The molecule has 2 heterocycles. The van der Waals surface area contributed by atoms with Crippen molar-refractivity contribution >= 4 is 5.91 Å². The largest absolute Gasteiger partial charge is 0.449 e. The van der Waals surface area contributed by atoms with Gasteiger partial charge in [0.1, 0.15) is 17.9 Å². The number of amides is 1. The van der Waals surface area contributed by atoms with E-state index in [4.69, 9.17) is 14.4 Å². The zero-order chi connectivity index (χ0) is 13.0. The summed E-state index contributed by atoms with van der Waals surface area (Å²) in [7, 11) is 1.59. The summed E-state index contributed by atoms with van der Waals surface area (Å²) in [5.74, 6) is 0.919. The van der Waals surface area contributed by atoms with E-state index in [1.54, 1.807) is 19.2 Å². The average molecular weight is 249 g/mol. The maximum absolute atomic E-state index is 11.5. The summed E-state index contributed by atoms with van der Waals surface area (Å²) in [6, 6.07) is 5.37. The molecule has 1 aliphatic heterocycles. The molecule has 1 aromatic heterocycles. The Morgan fingerprint density at radius 2 is 2.50 bits per heavy atom. The van der Waals surface area contributed by atoms with Crippen LogP contribution in [0.2, 0.25) is 0 Å². The molecule has 1 amide bonds. The molecule has 18 heavy (non-hydrogen) atoms. The highest BCUT2D eigenvalue weighted by Gasteiger charge is 2.26. The molecule has 1 N–H and O–H groups in total. The van der Waals surface area contributed by atoms with E-state index in [0.29, 0.717) is 25.5 Å². The third-order valence-electron chi connectivity index (χ3n) is 2.84. The van der Waals surface area contributed by atoms with E-state index in [1.165, 1.54) is 0 Å². The number of likely N-dealkylation sites (N-methyl/N-ethyl adjacent to an activating group) is 1. The summed E-state index contributed by atoms with van der Waals surface area (Å²) < 4.78 is 10.7. The predicted octanol–water partition coefficient (Wildman–Crippen LogP) is 0.0981. The molecule has 1 aliphatic rings. The highest BCUT2D eigenvalue weighted by molar-refractivity contribution is 5.80. The van der Waals surface area contributed by atoms with Gasteiger partial charge in [-0.2, -0.15) is 5.26 Å². The van der Waals surface area contributed by atoms with E-state index >= 15 is 0 Å². The number of nitrogens with one attached hydrogen (secondary N) is 1.